The van der Waals surface area contributed by atoms with Crippen LogP contribution in [0.2, 0.25) is 0 Å². The van der Waals surface area contributed by atoms with Gasteiger partial charge in [0.25, 0.3) is 32.5 Å². The van der Waals surface area contributed by atoms with Crippen LogP contribution < -0.4 is 24.5 Å². The lowest BCUT2D eigenvalue weighted by molar-refractivity contribution is -0.131. The maximum absolute atomic E-state index is 13.0. The number of H-pyrrole nitrogens is 5. The molecule has 0 saturated carbocycles. The van der Waals surface area contributed by atoms with Crippen LogP contribution in [0.25, 0.3) is 79.4 Å². The van der Waals surface area contributed by atoms with Crippen LogP contribution in [-0.4, -0.2) is 292 Å². The second-order valence-corrected chi connectivity index (χ2v) is 23.0. The fourth-order valence-corrected chi connectivity index (χ4v) is 10.5. The monoisotopic (exact) mass is 1620 g/mol. The van der Waals surface area contributed by atoms with Gasteiger partial charge in [0.2, 0.25) is 0 Å². The minimum atomic E-state index is -4.09. The van der Waals surface area contributed by atoms with E-state index in [9.17, 15) is 24.0 Å². The molecule has 5 aliphatic rings. The molecule has 115 heavy (non-hydrogen) atoms. The maximum Gasteiger partial charge on any atom is 0.302 e. The molecule has 10 aromatic rings. The van der Waals surface area contributed by atoms with E-state index in [0.29, 0.717) is 19.6 Å². The van der Waals surface area contributed by atoms with Crippen LogP contribution in [0.1, 0.15) is 149 Å². The number of likely N-dealkylation sites (N-methyl/N-ethyl adjacent to an activating group) is 5. The van der Waals surface area contributed by atoms with Crippen LogP contribution in [0, 0.1) is 62.4 Å². The Morgan fingerprint density at radius 1 is 0.400 bits per heavy atom. The second kappa shape index (κ2) is 38.4. The number of carbonyl (C=O) groups excluding carboxylic acids is 5. The van der Waals surface area contributed by atoms with E-state index in [1.165, 1.54) is 68.4 Å². The summed E-state index contributed by atoms with van der Waals surface area (Å²) in [4.78, 5) is 130. The quantitative estimate of drug-likeness (QED) is 0.0612. The normalized spacial score (nSPS) is 40.2. The van der Waals surface area contributed by atoms with Crippen molar-refractivity contribution in [2.45, 2.75) is 96.5 Å². The number of likely N-dealkylation sites (tertiary alicyclic amines) is 5. The van der Waals surface area contributed by atoms with Gasteiger partial charge in [-0.25, -0.2) is 82.7 Å². The lowest BCUT2D eigenvalue weighted by Gasteiger charge is -2.41. The molecule has 10 aromatic heterocycles. The number of piperidine rings is 5. The third-order valence-electron chi connectivity index (χ3n) is 16.0. The maximum atomic E-state index is 13.0. The number of aromatic amines is 5. The van der Waals surface area contributed by atoms with Gasteiger partial charge in [-0.2, -0.15) is 0 Å². The molecule has 0 bridgehead atoms. The molecule has 5 saturated heterocycles. The van der Waals surface area contributed by atoms with Crippen molar-refractivity contribution in [1.82, 2.24) is 99.3 Å². The number of aromatic nitrogens is 15. The summed E-state index contributed by atoms with van der Waals surface area (Å²) in [5.74, 6) is -25.6. The minimum absolute atomic E-state index is 0.0164. The van der Waals surface area contributed by atoms with Crippen LogP contribution in [0.15, 0.2) is 92.8 Å². The zero-order valence-corrected chi connectivity index (χ0v) is 60.3. The van der Waals surface area contributed by atoms with Gasteiger partial charge in [0, 0.05) is 174 Å². The number of nitrogens with one attached hydrogen (secondary N) is 5. The molecule has 0 spiro atoms. The molecule has 0 aromatic carbocycles. The van der Waals surface area contributed by atoms with Gasteiger partial charge in [0.1, 0.15) is 109 Å². The summed E-state index contributed by atoms with van der Waals surface area (Å²) in [5.41, 5.74) is 0.331. The van der Waals surface area contributed by atoms with Gasteiger partial charge >= 0.3 is 29.5 Å². The van der Waals surface area contributed by atoms with Crippen LogP contribution in [0.4, 0.5) is 29.1 Å². The highest BCUT2D eigenvalue weighted by Crippen LogP contribution is 2.35. The molecule has 35 heteroatoms. The molecule has 5 aliphatic heterocycles. The number of rotatable bonds is 15. The van der Waals surface area contributed by atoms with Crippen molar-refractivity contribution in [3.63, 3.8) is 0 Å². The van der Waals surface area contributed by atoms with Gasteiger partial charge in [-0.05, 0) is 91.7 Å². The number of anilines is 5. The van der Waals surface area contributed by atoms with Gasteiger partial charge in [-0.15, -0.1) is 0 Å². The Hall–Kier alpha value is -13.1. The van der Waals surface area contributed by atoms with Crippen LogP contribution in [0.5, 0.6) is 0 Å². The molecule has 5 N–H and O–H groups in total. The van der Waals surface area contributed by atoms with Gasteiger partial charge in [-0.1, -0.05) is 34.5 Å². The van der Waals surface area contributed by atoms with E-state index in [4.69, 9.17) is 115 Å². The zero-order valence-electron chi connectivity index (χ0n) is 120. The largest absolute Gasteiger partial charge is 0.354 e. The summed E-state index contributed by atoms with van der Waals surface area (Å²) < 4.78 is 495. The van der Waals surface area contributed by atoms with Gasteiger partial charge in [0.15, 0.2) is 0 Å². The summed E-state index contributed by atoms with van der Waals surface area (Å²) >= 11 is 0. The number of hydrogen-bond acceptors (Lipinski definition) is 20. The van der Waals surface area contributed by atoms with E-state index in [1.54, 1.807) is 0 Å². The van der Waals surface area contributed by atoms with Crippen molar-refractivity contribution >= 4 is 114 Å². The molecule has 35 nitrogen and oxygen atoms in total. The van der Waals surface area contributed by atoms with Gasteiger partial charge in [-0.3, -0.25) is 24.0 Å². The first-order chi connectivity index (χ1) is 78.4. The molecule has 10 atom stereocenters. The van der Waals surface area contributed by atoms with E-state index in [-0.39, 0.29) is 76.6 Å². The summed E-state index contributed by atoms with van der Waals surface area (Å²) in [6.07, 6.45) is -13.6. The molecule has 600 valence electrons. The molecular weight excluding hydrogens is 1460 g/mol. The lowest BCUT2D eigenvalue weighted by Crippen LogP contribution is -2.53. The number of amides is 5. The predicted octanol–water partition coefficient (Wildman–Crippen LogP) is 7.75. The average Bonchev–Trinajstić information content (AvgIpc) is 1.23. The minimum Gasteiger partial charge on any atom is -0.354 e. The van der Waals surface area contributed by atoms with Crippen molar-refractivity contribution in [3.05, 3.63) is 150 Å². The first-order valence-electron chi connectivity index (χ1n) is 62.4. The van der Waals surface area contributed by atoms with Gasteiger partial charge < -0.3 is 98.1 Å². The van der Waals surface area contributed by atoms with Crippen molar-refractivity contribution in [2.24, 2.45) is 29.5 Å². The van der Waals surface area contributed by atoms with Crippen LogP contribution in [-0.2, 0) is 24.0 Å². The summed E-state index contributed by atoms with van der Waals surface area (Å²) in [6, 6.07) is -8.44. The average molecular weight is 1620 g/mol. The Kier molecular flexibility index (Phi) is 11.7. The highest BCUT2D eigenvalue weighted by atomic mass is 16.2. The topological polar surface area (TPSA) is 347 Å². The Morgan fingerprint density at radius 3 is 0.991 bits per heavy atom. The molecule has 0 aliphatic carbocycles. The van der Waals surface area contributed by atoms with Crippen molar-refractivity contribution in [1.29, 1.82) is 0 Å². The Bertz CT molecular complexity index is 8310. The van der Waals surface area contributed by atoms with E-state index < -0.39 is 303 Å². The molecule has 0 unspecified atom stereocenters. The number of carbonyl (C=O) groups is 5. The molecule has 5 amide bonds. The van der Waals surface area contributed by atoms with Crippen LogP contribution >= 0.6 is 0 Å². The van der Waals surface area contributed by atoms with E-state index in [0.717, 1.165) is 46.8 Å². The first kappa shape index (κ1) is 35.1. The summed E-state index contributed by atoms with van der Waals surface area (Å²) in [6.45, 7) is -27.3. The van der Waals surface area contributed by atoms with E-state index in [1.807, 2.05) is 0 Å². The number of hydrogen-bond donors (Lipinski definition) is 5. The Morgan fingerprint density at radius 2 is 0.670 bits per heavy atom. The van der Waals surface area contributed by atoms with Crippen molar-refractivity contribution in [3.8, 4) is 0 Å². The second-order valence-electron chi connectivity index (χ2n) is 23.0. The first-order valence-corrected chi connectivity index (χ1v) is 32.4. The van der Waals surface area contributed by atoms with Crippen molar-refractivity contribution < 1.29 is 106 Å². The van der Waals surface area contributed by atoms with E-state index in [2.05, 4.69) is 99.0 Å². The molecule has 5 fully saturated rings. The number of fused-ring (bicyclic) bond motifs is 5. The Labute approximate surface area is 752 Å². The highest BCUT2D eigenvalue weighted by Gasteiger charge is 2.39. The Balaban J connectivity index is 0.000000204. The smallest absolute Gasteiger partial charge is 0.302 e. The lowest BCUT2D eigenvalue weighted by atomic mass is 9.92. The van der Waals surface area contributed by atoms with Gasteiger partial charge in [0.05, 0.1) is 76.2 Å². The molecule has 0 radical (unpaired) electrons. The third kappa shape index (κ3) is 19.2. The molecular formula is C80H100N30O5. The van der Waals surface area contributed by atoms with E-state index >= 15 is 0 Å². The molecule has 15 heterocycles. The standard InChI is InChI=1S/5C16H20N6O/c5*1-11-5-7-22(14(23)8-17-2)9-13(11)21(3)16-12-4-6-18-15(12)19-10-20-16/h5*4,6,10-11,13H,5,7-9H2,1,3H3,(H,18,19,20)/t5*11-,13+/m11111/s1/i1D3,5D2,7D2,8D2,9D2,10D,11D,13D;5D2,7D2,8D2,9D2,10D,11D,13D;1D3,5D2,7D2,8D2,9D2,10D,13D;5D2,7D2,8D2,9D2,10D,13D;3D3,5D2,7D2,8D2,9D2,10D. The molecule has 15 rings (SSSR count). The summed E-state index contributed by atoms with van der Waals surface area (Å²) in [5, 5.41) is 0.511. The SMILES string of the molecule is [2H]c1nc(N(C)[C@@]2([2H])C([2H])([2H])N(C(=O)C([2H])([2H])[N+]#[C-])C([2H])([2H])C([2H])([2H])[C@@]2([2H])C([2H])([2H])[2H])c2cc[nH]c2n1.[2H]c1nc(N(C)[C@@]2([2H])C([2H])([2H])N(C(=O)C([2H])([2H])[N+]#[C-])C([2H])([2H])C([2H])([2H])[C@@]2([2H])C)c2cc[nH]c2n1.[2H]c1nc(N(C)[C@]2([2H])[C@H](C([2H])([2H])[2H])C([2H])([2H])C([2H])([2H])N(C(=O)C([2H])([2H])[N+]#[C-])C2([2H])[2H])c2cc[nH]c2n1.[2H]c1nc(N(C)[C@]2([2H])[C@H](C)C([2H])([2H])C([2H])([2H])N(C(=O)C([2H])([2H])[N+]#[C-])C2([2H])[2H])c2cc[nH]c2n1.[2H]c1nc(N([C@@H]2[C@H](C)C([2H])([2H])C([2H])([2H])N(C(=O)C([2H])([2H])[N+]#[C-])C2([2H])[2H])C([2H])([2H])[2H])c2cc[nH]c2n1. The zero-order chi connectivity index (χ0) is 135. The predicted molar refractivity (Wildman–Crippen MR) is 440 cm³/mol. The highest BCUT2D eigenvalue weighted by molar-refractivity contribution is 5.91. The third-order valence-corrected chi connectivity index (χ3v) is 16.0. The fourth-order valence-electron chi connectivity index (χ4n) is 10.5. The number of nitrogens with zero attached hydrogens (tertiary/aromatic N) is 25. The fraction of sp³-hybridized carbons (Fsp3) is 0.500. The summed E-state index contributed by atoms with van der Waals surface area (Å²) in [7, 11) is 4.05. The van der Waals surface area contributed by atoms with Crippen molar-refractivity contribution in [2.75, 3.05) is 157 Å². The van der Waals surface area contributed by atoms with Crippen LogP contribution in [0.3, 0.4) is 0 Å².